The van der Waals surface area contributed by atoms with Gasteiger partial charge in [-0.2, -0.15) is 0 Å². The first kappa shape index (κ1) is 20.3. The van der Waals surface area contributed by atoms with Crippen LogP contribution in [-0.2, 0) is 9.53 Å². The normalized spacial score (nSPS) is 14.7. The van der Waals surface area contributed by atoms with Gasteiger partial charge in [-0.15, -0.1) is 0 Å². The van der Waals surface area contributed by atoms with E-state index in [1.165, 1.54) is 24.3 Å². The lowest BCUT2D eigenvalue weighted by Crippen LogP contribution is -2.05. The number of aryl methyl sites for hydroxylation is 1. The van der Waals surface area contributed by atoms with Gasteiger partial charge in [0.05, 0.1) is 9.95 Å². The van der Waals surface area contributed by atoms with Gasteiger partial charge in [-0.25, -0.2) is 9.79 Å². The number of halogens is 2. The second-order valence-electron chi connectivity index (χ2n) is 6.42. The highest BCUT2D eigenvalue weighted by atomic mass is 127. The van der Waals surface area contributed by atoms with Crippen molar-refractivity contribution in [2.24, 2.45) is 4.99 Å². The van der Waals surface area contributed by atoms with Crippen molar-refractivity contribution in [1.29, 1.82) is 0 Å². The van der Waals surface area contributed by atoms with Crippen LogP contribution in [0.4, 0.5) is 5.69 Å². The number of nitro groups is 1. The Balaban J connectivity index is 1.62. The van der Waals surface area contributed by atoms with Gasteiger partial charge in [-0.3, -0.25) is 10.1 Å². The number of carbonyl (C=O) groups is 1. The van der Waals surface area contributed by atoms with Gasteiger partial charge in [0, 0.05) is 32.9 Å². The number of nitrogens with zero attached hydrogens (tertiary/aromatic N) is 2. The van der Waals surface area contributed by atoms with Crippen LogP contribution < -0.4 is 0 Å². The Morgan fingerprint density at radius 3 is 2.67 bits per heavy atom. The Labute approximate surface area is 189 Å². The Hall–Kier alpha value is -2.98. The molecule has 30 heavy (non-hydrogen) atoms. The minimum Gasteiger partial charge on any atom is -0.457 e. The van der Waals surface area contributed by atoms with Crippen LogP contribution in [0.2, 0.25) is 5.02 Å². The van der Waals surface area contributed by atoms with Crippen molar-refractivity contribution < 1.29 is 18.9 Å². The molecule has 150 valence electrons. The van der Waals surface area contributed by atoms with Gasteiger partial charge in [-0.05, 0) is 71.5 Å². The third kappa shape index (κ3) is 4.01. The lowest BCUT2D eigenvalue weighted by Gasteiger charge is -2.02. The molecule has 1 aliphatic rings. The number of hydrogen-bond acceptors (Lipinski definition) is 6. The molecule has 0 radical (unpaired) electrons. The van der Waals surface area contributed by atoms with Gasteiger partial charge >= 0.3 is 5.97 Å². The highest BCUT2D eigenvalue weighted by Gasteiger charge is 2.25. The summed E-state index contributed by atoms with van der Waals surface area (Å²) in [5.74, 6) is 0.434. The number of hydrogen-bond donors (Lipinski definition) is 0. The fourth-order valence-electron chi connectivity index (χ4n) is 2.84. The average Bonchev–Trinajstić information content (AvgIpc) is 3.31. The highest BCUT2D eigenvalue weighted by molar-refractivity contribution is 14.1. The molecule has 1 aliphatic heterocycles. The fourth-order valence-corrected chi connectivity index (χ4v) is 3.44. The minimum absolute atomic E-state index is 0.108. The van der Waals surface area contributed by atoms with Crippen LogP contribution in [0, 0.1) is 20.6 Å². The maximum atomic E-state index is 12.2. The van der Waals surface area contributed by atoms with Crippen molar-refractivity contribution in [2.45, 2.75) is 6.92 Å². The molecule has 7 nitrogen and oxygen atoms in total. The molecule has 0 amide bonds. The zero-order valence-electron chi connectivity index (χ0n) is 15.4. The zero-order chi connectivity index (χ0) is 21.4. The van der Waals surface area contributed by atoms with Crippen LogP contribution >= 0.6 is 34.2 Å². The number of non-ortho nitro benzene ring substituents is 1. The van der Waals surface area contributed by atoms with E-state index in [1.54, 1.807) is 12.1 Å². The number of nitro benzene ring substituents is 1. The molecule has 2 heterocycles. The summed E-state index contributed by atoms with van der Waals surface area (Å²) < 4.78 is 12.1. The predicted molar refractivity (Wildman–Crippen MR) is 120 cm³/mol. The summed E-state index contributed by atoms with van der Waals surface area (Å²) in [5, 5.41) is 11.0. The van der Waals surface area contributed by atoms with E-state index in [0.717, 1.165) is 9.13 Å². The molecule has 9 heteroatoms. The van der Waals surface area contributed by atoms with Crippen molar-refractivity contribution >= 4 is 57.8 Å². The van der Waals surface area contributed by atoms with E-state index in [0.29, 0.717) is 22.6 Å². The van der Waals surface area contributed by atoms with Gasteiger partial charge in [0.1, 0.15) is 11.5 Å². The standard InChI is InChI=1S/C21H12ClIN2O5/c1-11-8-12(2-6-17(11)23)20-24-18(21(26)30-20)10-14-4-7-19(29-14)15-5-3-13(25(27)28)9-16(15)22/h2-10H,1H3/b18-10-. The van der Waals surface area contributed by atoms with Crippen molar-refractivity contribution in [2.75, 3.05) is 0 Å². The number of rotatable bonds is 4. The molecule has 3 aromatic rings. The first-order valence-corrected chi connectivity index (χ1v) is 10.1. The molecule has 0 saturated carbocycles. The fraction of sp³-hybridized carbons (Fsp3) is 0.0476. The number of benzene rings is 2. The molecule has 0 fully saturated rings. The van der Waals surface area contributed by atoms with Crippen LogP contribution in [0.5, 0.6) is 0 Å². The van der Waals surface area contributed by atoms with E-state index >= 15 is 0 Å². The molecule has 0 bridgehead atoms. The maximum Gasteiger partial charge on any atom is 0.363 e. The monoisotopic (exact) mass is 534 g/mol. The maximum absolute atomic E-state index is 12.2. The molecule has 1 aromatic heterocycles. The van der Waals surface area contributed by atoms with E-state index in [9.17, 15) is 14.9 Å². The quantitative estimate of drug-likeness (QED) is 0.139. The Morgan fingerprint density at radius 1 is 1.17 bits per heavy atom. The number of furan rings is 1. The molecular weight excluding hydrogens is 523 g/mol. The highest BCUT2D eigenvalue weighted by Crippen LogP contribution is 2.33. The summed E-state index contributed by atoms with van der Waals surface area (Å²) >= 11 is 8.37. The third-order valence-corrected chi connectivity index (χ3v) is 5.88. The summed E-state index contributed by atoms with van der Waals surface area (Å²) in [5.41, 5.74) is 2.26. The average molecular weight is 535 g/mol. The molecule has 0 aliphatic carbocycles. The van der Waals surface area contributed by atoms with Crippen LogP contribution in [-0.4, -0.2) is 16.8 Å². The Morgan fingerprint density at radius 2 is 1.97 bits per heavy atom. The second-order valence-corrected chi connectivity index (χ2v) is 7.99. The summed E-state index contributed by atoms with van der Waals surface area (Å²) in [6.45, 7) is 1.97. The van der Waals surface area contributed by atoms with Gasteiger partial charge in [0.2, 0.25) is 5.90 Å². The van der Waals surface area contributed by atoms with Crippen molar-refractivity contribution in [1.82, 2.24) is 0 Å². The second kappa shape index (κ2) is 8.04. The molecule has 0 atom stereocenters. The van der Waals surface area contributed by atoms with Gasteiger partial charge in [0.15, 0.2) is 5.70 Å². The first-order valence-electron chi connectivity index (χ1n) is 8.65. The lowest BCUT2D eigenvalue weighted by molar-refractivity contribution is -0.384. The van der Waals surface area contributed by atoms with E-state index in [2.05, 4.69) is 27.6 Å². The summed E-state index contributed by atoms with van der Waals surface area (Å²) in [6, 6.07) is 13.1. The van der Waals surface area contributed by atoms with Crippen LogP contribution in [0.1, 0.15) is 16.9 Å². The van der Waals surface area contributed by atoms with E-state index < -0.39 is 10.9 Å². The predicted octanol–water partition coefficient (Wildman–Crippen LogP) is 5.77. The number of ether oxygens (including phenoxy) is 1. The largest absolute Gasteiger partial charge is 0.457 e. The SMILES string of the molecule is Cc1cc(C2=N/C(=C\c3ccc(-c4ccc([N+](=O)[O-])cc4Cl)o3)C(=O)O2)ccc1I. The van der Waals surface area contributed by atoms with Gasteiger partial charge in [-0.1, -0.05) is 11.6 Å². The molecule has 0 N–H and O–H groups in total. The molecule has 0 spiro atoms. The number of cyclic esters (lactones) is 1. The smallest absolute Gasteiger partial charge is 0.363 e. The van der Waals surface area contributed by atoms with Crippen LogP contribution in [0.15, 0.2) is 63.6 Å². The summed E-state index contributed by atoms with van der Waals surface area (Å²) in [6.07, 6.45) is 1.47. The van der Waals surface area contributed by atoms with Crippen molar-refractivity contribution in [3.8, 4) is 11.3 Å². The van der Waals surface area contributed by atoms with Gasteiger partial charge < -0.3 is 9.15 Å². The van der Waals surface area contributed by atoms with Crippen LogP contribution in [0.25, 0.3) is 17.4 Å². The van der Waals surface area contributed by atoms with E-state index in [-0.39, 0.29) is 22.3 Å². The zero-order valence-corrected chi connectivity index (χ0v) is 18.3. The summed E-state index contributed by atoms with van der Waals surface area (Å²) in [7, 11) is 0. The van der Waals surface area contributed by atoms with Crippen molar-refractivity contribution in [3.05, 3.63) is 89.8 Å². The first-order chi connectivity index (χ1) is 14.3. The Kier molecular flexibility index (Phi) is 5.44. The lowest BCUT2D eigenvalue weighted by atomic mass is 10.1. The molecule has 0 saturated heterocycles. The number of carbonyl (C=O) groups excluding carboxylic acids is 1. The van der Waals surface area contributed by atoms with Gasteiger partial charge in [0.25, 0.3) is 5.69 Å². The topological polar surface area (TPSA) is 94.9 Å². The summed E-state index contributed by atoms with van der Waals surface area (Å²) in [4.78, 5) is 26.8. The number of esters is 1. The van der Waals surface area contributed by atoms with Crippen molar-refractivity contribution in [3.63, 3.8) is 0 Å². The molecular formula is C21H12ClIN2O5. The number of aliphatic imine (C=N–C) groups is 1. The third-order valence-electron chi connectivity index (χ3n) is 4.36. The van der Waals surface area contributed by atoms with E-state index in [4.69, 9.17) is 20.8 Å². The molecule has 2 aromatic carbocycles. The Bertz CT molecular complexity index is 1260. The van der Waals surface area contributed by atoms with E-state index in [1.807, 2.05) is 25.1 Å². The minimum atomic E-state index is -0.576. The van der Waals surface area contributed by atoms with Crippen LogP contribution in [0.3, 0.4) is 0 Å². The molecule has 4 rings (SSSR count). The molecule has 0 unspecified atom stereocenters.